The summed E-state index contributed by atoms with van der Waals surface area (Å²) in [7, 11) is -3.19. The summed E-state index contributed by atoms with van der Waals surface area (Å²) in [4.78, 5) is 8.64. The van der Waals surface area contributed by atoms with Gasteiger partial charge < -0.3 is 0 Å². The summed E-state index contributed by atoms with van der Waals surface area (Å²) in [5.41, 5.74) is 0. The molecule has 1 aliphatic rings. The Balaban J connectivity index is 2.85. The van der Waals surface area contributed by atoms with Gasteiger partial charge in [-0.2, -0.15) is 9.78 Å². The molecule has 54 valence electrons. The minimum absolute atomic E-state index is 0.339. The first-order chi connectivity index (χ1) is 4.02. The van der Waals surface area contributed by atoms with Crippen molar-refractivity contribution in [3.63, 3.8) is 0 Å². The van der Waals surface area contributed by atoms with E-state index in [9.17, 15) is 8.42 Å². The molecule has 1 rings (SSSR count). The molecule has 0 radical (unpaired) electrons. The summed E-state index contributed by atoms with van der Waals surface area (Å²) in [6, 6.07) is 0. The van der Waals surface area contributed by atoms with E-state index in [0.29, 0.717) is 6.42 Å². The van der Waals surface area contributed by atoms with E-state index in [2.05, 4.69) is 9.78 Å². The zero-order chi connectivity index (χ0) is 7.12. The summed E-state index contributed by atoms with van der Waals surface area (Å²) in [5.74, 6) is 0. The Morgan fingerprint density at radius 1 is 1.44 bits per heavy atom. The van der Waals surface area contributed by atoms with E-state index in [4.69, 9.17) is 0 Å². The molecule has 0 aromatic heterocycles. The van der Waals surface area contributed by atoms with Crippen molar-refractivity contribution in [3.8, 4) is 0 Å². The lowest BCUT2D eigenvalue weighted by Crippen LogP contribution is -2.21. The van der Waals surface area contributed by atoms with E-state index in [-0.39, 0.29) is 0 Å². The Bertz CT molecular complexity index is 201. The highest BCUT2D eigenvalue weighted by molar-refractivity contribution is 7.91. The molecule has 4 nitrogen and oxygen atoms in total. The fourth-order valence-electron chi connectivity index (χ4n) is 0.550. The number of hydrogen-bond donors (Lipinski definition) is 0. The van der Waals surface area contributed by atoms with Crippen molar-refractivity contribution < 1.29 is 18.2 Å². The Morgan fingerprint density at radius 2 is 1.89 bits per heavy atom. The summed E-state index contributed by atoms with van der Waals surface area (Å²) >= 11 is 0. The van der Waals surface area contributed by atoms with Crippen LogP contribution in [0.5, 0.6) is 0 Å². The molecule has 0 unspecified atom stereocenters. The maximum absolute atomic E-state index is 10.7. The first-order valence-corrected chi connectivity index (χ1v) is 4.47. The van der Waals surface area contributed by atoms with Gasteiger partial charge in [-0.05, 0) is 0 Å². The molecule has 0 spiro atoms. The summed E-state index contributed by atoms with van der Waals surface area (Å²) in [6.07, 6.45) is 1.43. The fourth-order valence-corrected chi connectivity index (χ4v) is 1.36. The van der Waals surface area contributed by atoms with Crippen molar-refractivity contribution in [2.75, 3.05) is 6.26 Å². The van der Waals surface area contributed by atoms with Gasteiger partial charge in [-0.3, -0.25) is 0 Å². The molecular formula is C4H8O4S. The van der Waals surface area contributed by atoms with Crippen molar-refractivity contribution >= 4 is 9.84 Å². The van der Waals surface area contributed by atoms with Crippen LogP contribution < -0.4 is 0 Å². The standard InChI is InChI=1S/C4H8O4S/c1-3-4(7-8-4)9(2,5)6/h3H2,1-2H3. The van der Waals surface area contributed by atoms with Gasteiger partial charge in [-0.25, -0.2) is 8.42 Å². The van der Waals surface area contributed by atoms with E-state index in [1.807, 2.05) is 0 Å². The highest BCUT2D eigenvalue weighted by Crippen LogP contribution is 2.37. The van der Waals surface area contributed by atoms with Crippen molar-refractivity contribution in [2.45, 2.75) is 18.5 Å². The monoisotopic (exact) mass is 152 g/mol. The molecular weight excluding hydrogens is 144 g/mol. The molecule has 1 saturated heterocycles. The zero-order valence-electron chi connectivity index (χ0n) is 5.25. The lowest BCUT2D eigenvalue weighted by Gasteiger charge is -1.97. The second-order valence-electron chi connectivity index (χ2n) is 1.98. The van der Waals surface area contributed by atoms with E-state index in [1.165, 1.54) is 0 Å². The third-order valence-electron chi connectivity index (χ3n) is 1.27. The molecule has 0 N–H and O–H groups in total. The van der Waals surface area contributed by atoms with Crippen LogP contribution in [-0.2, 0) is 19.6 Å². The van der Waals surface area contributed by atoms with Crippen LogP contribution in [0.25, 0.3) is 0 Å². The second-order valence-corrected chi connectivity index (χ2v) is 4.14. The maximum Gasteiger partial charge on any atom is 0.331 e. The largest absolute Gasteiger partial charge is 0.331 e. The van der Waals surface area contributed by atoms with Gasteiger partial charge in [0, 0.05) is 12.7 Å². The fraction of sp³-hybridized carbons (Fsp3) is 1.00. The zero-order valence-corrected chi connectivity index (χ0v) is 6.06. The van der Waals surface area contributed by atoms with Crippen LogP contribution in [0.15, 0.2) is 0 Å². The highest BCUT2D eigenvalue weighted by atomic mass is 32.2. The van der Waals surface area contributed by atoms with Gasteiger partial charge in [0.2, 0.25) is 9.84 Å². The van der Waals surface area contributed by atoms with E-state index >= 15 is 0 Å². The van der Waals surface area contributed by atoms with Crippen molar-refractivity contribution in [1.82, 2.24) is 0 Å². The van der Waals surface area contributed by atoms with Crippen LogP contribution in [0, 0.1) is 0 Å². The smallest absolute Gasteiger partial charge is 0.223 e. The molecule has 0 amide bonds. The van der Waals surface area contributed by atoms with E-state index < -0.39 is 15.0 Å². The van der Waals surface area contributed by atoms with E-state index in [1.54, 1.807) is 6.92 Å². The Kier molecular flexibility index (Phi) is 1.30. The molecule has 9 heavy (non-hydrogen) atoms. The van der Waals surface area contributed by atoms with Crippen LogP contribution in [0.2, 0.25) is 0 Å². The lowest BCUT2D eigenvalue weighted by molar-refractivity contribution is 0.0850. The second kappa shape index (κ2) is 1.68. The van der Waals surface area contributed by atoms with Crippen LogP contribution in [0.4, 0.5) is 0 Å². The molecule has 1 aliphatic heterocycles. The van der Waals surface area contributed by atoms with Crippen molar-refractivity contribution in [3.05, 3.63) is 0 Å². The minimum Gasteiger partial charge on any atom is -0.223 e. The normalized spacial score (nSPS) is 23.8. The van der Waals surface area contributed by atoms with Gasteiger partial charge in [0.25, 0.3) is 0 Å². The van der Waals surface area contributed by atoms with Crippen molar-refractivity contribution in [1.29, 1.82) is 0 Å². The molecule has 0 bridgehead atoms. The van der Waals surface area contributed by atoms with Gasteiger partial charge in [0.05, 0.1) is 0 Å². The third kappa shape index (κ3) is 0.953. The van der Waals surface area contributed by atoms with Crippen LogP contribution in [0.1, 0.15) is 13.3 Å². The topological polar surface area (TPSA) is 59.2 Å². The summed E-state index contributed by atoms with van der Waals surface area (Å²) in [6.45, 7) is 1.69. The van der Waals surface area contributed by atoms with Crippen molar-refractivity contribution in [2.24, 2.45) is 0 Å². The van der Waals surface area contributed by atoms with Gasteiger partial charge in [0.1, 0.15) is 0 Å². The first kappa shape index (κ1) is 6.98. The molecule has 0 aliphatic carbocycles. The van der Waals surface area contributed by atoms with Crippen LogP contribution in [-0.4, -0.2) is 19.8 Å². The SMILES string of the molecule is CCC1(S(C)(=O)=O)OO1. The van der Waals surface area contributed by atoms with Crippen LogP contribution >= 0.6 is 0 Å². The predicted octanol–water partition coefficient (Wildman–Crippen LogP) is 0.0566. The molecule has 1 heterocycles. The number of rotatable bonds is 2. The Hall–Kier alpha value is -0.130. The minimum atomic E-state index is -3.19. The Morgan fingerprint density at radius 3 is 1.89 bits per heavy atom. The van der Waals surface area contributed by atoms with Gasteiger partial charge in [-0.1, -0.05) is 6.92 Å². The first-order valence-electron chi connectivity index (χ1n) is 2.58. The molecule has 0 aromatic carbocycles. The molecule has 0 saturated carbocycles. The number of sulfone groups is 1. The Labute approximate surface area is 53.6 Å². The maximum atomic E-state index is 10.7. The average Bonchev–Trinajstić information content (AvgIpc) is 2.40. The lowest BCUT2D eigenvalue weighted by atomic mass is 10.5. The molecule has 0 atom stereocenters. The predicted molar refractivity (Wildman–Crippen MR) is 30.0 cm³/mol. The summed E-state index contributed by atoms with van der Waals surface area (Å²) < 4.78 is 21.4. The quantitative estimate of drug-likeness (QED) is 0.414. The average molecular weight is 152 g/mol. The highest BCUT2D eigenvalue weighted by Gasteiger charge is 2.57. The summed E-state index contributed by atoms with van der Waals surface area (Å²) in [5, 5.41) is -1.30. The third-order valence-corrected chi connectivity index (χ3v) is 2.82. The molecule has 1 fully saturated rings. The van der Waals surface area contributed by atoms with E-state index in [0.717, 1.165) is 6.26 Å². The molecule has 5 heteroatoms. The number of hydrogen-bond acceptors (Lipinski definition) is 4. The van der Waals surface area contributed by atoms with Gasteiger partial charge in [0.15, 0.2) is 0 Å². The van der Waals surface area contributed by atoms with Gasteiger partial charge in [-0.15, -0.1) is 0 Å². The van der Waals surface area contributed by atoms with Gasteiger partial charge >= 0.3 is 5.12 Å². The molecule has 0 aromatic rings. The van der Waals surface area contributed by atoms with Crippen LogP contribution in [0.3, 0.4) is 0 Å².